The van der Waals surface area contributed by atoms with E-state index in [0.717, 1.165) is 58.2 Å². The van der Waals surface area contributed by atoms with E-state index < -0.39 is 0 Å². The van der Waals surface area contributed by atoms with Crippen molar-refractivity contribution in [3.63, 3.8) is 0 Å². The van der Waals surface area contributed by atoms with Crippen molar-refractivity contribution in [2.45, 2.75) is 32.4 Å². The van der Waals surface area contributed by atoms with Crippen LogP contribution in [0.5, 0.6) is 11.5 Å². The van der Waals surface area contributed by atoms with Gasteiger partial charge in [0.2, 0.25) is 0 Å². The first-order chi connectivity index (χ1) is 19.6. The lowest BCUT2D eigenvalue weighted by molar-refractivity contribution is 0.348. The van der Waals surface area contributed by atoms with Crippen LogP contribution < -0.4 is 24.4 Å². The average Bonchev–Trinajstić information content (AvgIpc) is 3.52. The Morgan fingerprint density at radius 2 is 1.82 bits per heavy atom. The van der Waals surface area contributed by atoms with E-state index in [4.69, 9.17) is 14.5 Å². The number of aromatic nitrogens is 2. The summed E-state index contributed by atoms with van der Waals surface area (Å²) in [6.45, 7) is 2.99. The van der Waals surface area contributed by atoms with E-state index in [9.17, 15) is 4.79 Å². The third-order valence-corrected chi connectivity index (χ3v) is 9.03. The van der Waals surface area contributed by atoms with Crippen molar-refractivity contribution >= 4 is 34.0 Å². The Hall–Kier alpha value is -4.36. The fourth-order valence-corrected chi connectivity index (χ4v) is 7.21. The zero-order valence-corrected chi connectivity index (χ0v) is 23.5. The minimum atomic E-state index is -0.344. The molecule has 40 heavy (non-hydrogen) atoms. The quantitative estimate of drug-likeness (QED) is 0.300. The Labute approximate surface area is 235 Å². The van der Waals surface area contributed by atoms with Gasteiger partial charge in [-0.15, -0.1) is 0 Å². The lowest BCUT2D eigenvalue weighted by atomic mass is 9.83. The first-order valence-corrected chi connectivity index (χ1v) is 14.4. The molecular weight excluding hydrogens is 518 g/mol. The molecule has 0 amide bonds. The first kappa shape index (κ1) is 24.7. The van der Waals surface area contributed by atoms with Gasteiger partial charge in [0, 0.05) is 40.3 Å². The number of ether oxygens (including phenoxy) is 2. The first-order valence-electron chi connectivity index (χ1n) is 13.5. The van der Waals surface area contributed by atoms with Crippen molar-refractivity contribution < 1.29 is 9.47 Å². The Balaban J connectivity index is 1.52. The Bertz CT molecular complexity index is 2010. The molecule has 200 valence electrons. The molecule has 1 aliphatic heterocycles. The van der Waals surface area contributed by atoms with Gasteiger partial charge in [0.15, 0.2) is 16.3 Å². The highest BCUT2D eigenvalue weighted by Crippen LogP contribution is 2.45. The fraction of sp³-hybridized carbons (Fsp3) is 0.212. The number of benzene rings is 3. The van der Waals surface area contributed by atoms with Crippen molar-refractivity contribution in [3.8, 4) is 11.5 Å². The zero-order valence-electron chi connectivity index (χ0n) is 22.7. The summed E-state index contributed by atoms with van der Waals surface area (Å²) in [5.41, 5.74) is 7.57. The van der Waals surface area contributed by atoms with Gasteiger partial charge in [0.25, 0.3) is 5.56 Å². The molecule has 2 aromatic heterocycles. The summed E-state index contributed by atoms with van der Waals surface area (Å²) < 4.78 is 16.3. The largest absolute Gasteiger partial charge is 0.493 e. The van der Waals surface area contributed by atoms with Crippen LogP contribution in [0, 0.1) is 0 Å². The normalized spacial score (nSPS) is 16.4. The van der Waals surface area contributed by atoms with Gasteiger partial charge in [-0.1, -0.05) is 65.9 Å². The molecule has 0 saturated heterocycles. The number of nitrogens with zero attached hydrogens (tertiary/aromatic N) is 3. The van der Waals surface area contributed by atoms with E-state index in [1.165, 1.54) is 16.9 Å². The van der Waals surface area contributed by atoms with Crippen molar-refractivity contribution in [2.75, 3.05) is 14.2 Å². The third-order valence-electron chi connectivity index (χ3n) is 8.05. The number of methoxy groups -OCH3 is 2. The molecule has 0 unspecified atom stereocenters. The fourth-order valence-electron chi connectivity index (χ4n) is 6.22. The van der Waals surface area contributed by atoms with E-state index in [1.807, 2.05) is 34.9 Å². The van der Waals surface area contributed by atoms with Crippen LogP contribution in [0.15, 0.2) is 88.3 Å². The average molecular weight is 548 g/mol. The third kappa shape index (κ3) is 3.68. The number of fused-ring (bicyclic) bond motifs is 4. The highest BCUT2D eigenvalue weighted by Gasteiger charge is 2.34. The molecule has 3 heterocycles. The molecule has 6 nitrogen and oxygen atoms in total. The molecule has 5 aromatic rings. The number of allylic oxidation sites excluding steroid dienone is 1. The van der Waals surface area contributed by atoms with E-state index in [-0.39, 0.29) is 11.6 Å². The Kier molecular flexibility index (Phi) is 5.97. The summed E-state index contributed by atoms with van der Waals surface area (Å²) in [6, 6.07) is 22.3. The number of hydrogen-bond acceptors (Lipinski definition) is 5. The van der Waals surface area contributed by atoms with E-state index in [0.29, 0.717) is 20.8 Å². The molecule has 1 atom stereocenters. The highest BCUT2D eigenvalue weighted by molar-refractivity contribution is 7.07. The van der Waals surface area contributed by atoms with Gasteiger partial charge in [-0.2, -0.15) is 0 Å². The highest BCUT2D eigenvalue weighted by atomic mass is 32.1. The van der Waals surface area contributed by atoms with Gasteiger partial charge >= 0.3 is 0 Å². The molecule has 0 spiro atoms. The Morgan fingerprint density at radius 3 is 2.65 bits per heavy atom. The molecule has 7 heteroatoms. The number of hydrogen-bond donors (Lipinski definition) is 0. The van der Waals surface area contributed by atoms with Gasteiger partial charge < -0.3 is 14.0 Å². The van der Waals surface area contributed by atoms with Gasteiger partial charge in [-0.05, 0) is 49.1 Å². The van der Waals surface area contributed by atoms with Crippen LogP contribution in [0.1, 0.15) is 41.6 Å². The lowest BCUT2D eigenvalue weighted by Gasteiger charge is -2.31. The second kappa shape index (κ2) is 9.68. The maximum Gasteiger partial charge on any atom is 0.271 e. The van der Waals surface area contributed by atoms with Gasteiger partial charge in [-0.3, -0.25) is 9.36 Å². The molecule has 0 fully saturated rings. The summed E-state index contributed by atoms with van der Waals surface area (Å²) in [5.74, 6) is 1.29. The predicted octanol–water partition coefficient (Wildman–Crippen LogP) is 5.31. The van der Waals surface area contributed by atoms with E-state index in [2.05, 4.69) is 60.2 Å². The van der Waals surface area contributed by atoms with Crippen molar-refractivity contribution in [1.29, 1.82) is 0 Å². The monoisotopic (exact) mass is 547 g/mol. The lowest BCUT2D eigenvalue weighted by Crippen LogP contribution is -2.39. The van der Waals surface area contributed by atoms with Crippen molar-refractivity contribution in [1.82, 2.24) is 9.13 Å². The predicted molar refractivity (Wildman–Crippen MR) is 160 cm³/mol. The molecule has 2 aliphatic rings. The number of para-hydroxylation sites is 2. The molecule has 0 saturated carbocycles. The molecular formula is C33H29N3O3S. The molecule has 7 rings (SSSR count). The minimum Gasteiger partial charge on any atom is -0.493 e. The molecule has 0 radical (unpaired) electrons. The maximum atomic E-state index is 14.3. The smallest absolute Gasteiger partial charge is 0.271 e. The number of rotatable bonds is 5. The summed E-state index contributed by atoms with van der Waals surface area (Å²) in [4.78, 5) is 20.1. The summed E-state index contributed by atoms with van der Waals surface area (Å²) in [7, 11) is 3.29. The van der Waals surface area contributed by atoms with Crippen LogP contribution in [0.3, 0.4) is 0 Å². The maximum absolute atomic E-state index is 14.3. The minimum absolute atomic E-state index is 0.0441. The van der Waals surface area contributed by atoms with Crippen LogP contribution in [0.4, 0.5) is 0 Å². The summed E-state index contributed by atoms with van der Waals surface area (Å²) in [6.07, 6.45) is 5.87. The zero-order chi connectivity index (χ0) is 27.4. The van der Waals surface area contributed by atoms with Crippen molar-refractivity contribution in [3.05, 3.63) is 120 Å². The SMILES string of the molecule is CCn1cc(/C=c2\sc3n(c2=O)[C@@H](c2cccc(OC)c2OC)C2=C(N=3)c3ccccc3CC2)c2ccccc21. The van der Waals surface area contributed by atoms with Gasteiger partial charge in [0.05, 0.1) is 30.5 Å². The summed E-state index contributed by atoms with van der Waals surface area (Å²) >= 11 is 1.45. The van der Waals surface area contributed by atoms with Crippen LogP contribution in [0.2, 0.25) is 0 Å². The number of aryl methyl sites for hydroxylation is 2. The second-order valence-electron chi connectivity index (χ2n) is 10.1. The van der Waals surface area contributed by atoms with Crippen LogP contribution in [-0.2, 0) is 13.0 Å². The molecule has 1 aliphatic carbocycles. The second-order valence-corrected chi connectivity index (χ2v) is 11.1. The van der Waals surface area contributed by atoms with Gasteiger partial charge in [0.1, 0.15) is 0 Å². The van der Waals surface area contributed by atoms with E-state index >= 15 is 0 Å². The standard InChI is InChI=1S/C33H29N3O3S/c1-4-35-19-21(22-11-7-8-14-26(22)35)18-28-32(37)36-30(25-13-9-15-27(38-2)31(25)39-3)24-17-16-20-10-5-6-12-23(20)29(24)34-33(36)40-28/h5-15,18-19,30H,4,16-17H2,1-3H3/b28-18-/t30-/m1/s1. The van der Waals surface area contributed by atoms with Crippen molar-refractivity contribution in [2.24, 2.45) is 4.99 Å². The summed E-state index contributed by atoms with van der Waals surface area (Å²) in [5, 5.41) is 1.13. The van der Waals surface area contributed by atoms with Gasteiger partial charge in [-0.25, -0.2) is 4.99 Å². The van der Waals surface area contributed by atoms with Crippen LogP contribution >= 0.6 is 11.3 Å². The van der Waals surface area contributed by atoms with Crippen LogP contribution in [-0.4, -0.2) is 23.4 Å². The van der Waals surface area contributed by atoms with Crippen LogP contribution in [0.25, 0.3) is 22.7 Å². The van der Waals surface area contributed by atoms with E-state index in [1.54, 1.807) is 14.2 Å². The Morgan fingerprint density at radius 1 is 1.00 bits per heavy atom. The molecule has 3 aromatic carbocycles. The topological polar surface area (TPSA) is 57.8 Å². The molecule has 0 N–H and O–H groups in total. The number of thiazole rings is 1. The molecule has 0 bridgehead atoms.